The van der Waals surface area contributed by atoms with Crippen molar-refractivity contribution >= 4 is 16.5 Å². The smallest absolute Gasteiger partial charge is 0.185 e. The first-order chi connectivity index (χ1) is 10.2. The number of likely N-dealkylation sites (tertiary alicyclic amines) is 1. The van der Waals surface area contributed by atoms with E-state index >= 15 is 0 Å². The van der Waals surface area contributed by atoms with Crippen molar-refractivity contribution in [3.05, 3.63) is 10.6 Å². The summed E-state index contributed by atoms with van der Waals surface area (Å²) in [5, 5.41) is 4.80. The number of hydrogen-bond donors (Lipinski definition) is 1. The van der Waals surface area contributed by atoms with E-state index in [4.69, 9.17) is 4.98 Å². The molecule has 1 aliphatic heterocycles. The first-order valence-corrected chi connectivity index (χ1v) is 9.15. The lowest BCUT2D eigenvalue weighted by atomic mass is 9.98. The summed E-state index contributed by atoms with van der Waals surface area (Å²) in [6, 6.07) is 1.17. The van der Waals surface area contributed by atoms with Gasteiger partial charge in [-0.05, 0) is 52.2 Å². The number of likely N-dealkylation sites (N-methyl/N-ethyl adjacent to an activating group) is 2. The highest BCUT2D eigenvalue weighted by Gasteiger charge is 2.27. The topological polar surface area (TPSA) is 31.4 Å². The molecule has 0 aromatic carbocycles. The Morgan fingerprint density at radius 1 is 1.38 bits per heavy atom. The molecule has 2 atom stereocenters. The molecule has 0 bridgehead atoms. The highest BCUT2D eigenvalue weighted by Crippen LogP contribution is 2.36. The number of nitrogens with one attached hydrogen (secondary N) is 1. The largest absolute Gasteiger partial charge is 0.350 e. The summed E-state index contributed by atoms with van der Waals surface area (Å²) in [6.07, 6.45) is 6.41. The van der Waals surface area contributed by atoms with Crippen molar-refractivity contribution in [2.45, 2.75) is 51.1 Å². The van der Waals surface area contributed by atoms with Gasteiger partial charge in [-0.25, -0.2) is 4.98 Å². The molecule has 4 nitrogen and oxygen atoms in total. The van der Waals surface area contributed by atoms with Gasteiger partial charge in [0.15, 0.2) is 5.13 Å². The van der Waals surface area contributed by atoms with Gasteiger partial charge in [0.05, 0.1) is 11.7 Å². The van der Waals surface area contributed by atoms with E-state index in [9.17, 15) is 0 Å². The fourth-order valence-corrected chi connectivity index (χ4v) is 4.75. The Hall–Kier alpha value is -0.650. The summed E-state index contributed by atoms with van der Waals surface area (Å²) < 4.78 is 0. The standard InChI is InChI=1S/C16H28N4S/c1-4-17-13-8-5-9-14-15(13)18-16(21-14)20(3)11-12-7-6-10-19(12)2/h12-13,17H,4-11H2,1-3H3. The predicted molar refractivity (Wildman–Crippen MR) is 90.4 cm³/mol. The second kappa shape index (κ2) is 6.63. The predicted octanol–water partition coefficient (Wildman–Crippen LogP) is 2.66. The first kappa shape index (κ1) is 15.3. The molecule has 0 spiro atoms. The van der Waals surface area contributed by atoms with E-state index in [1.54, 1.807) is 0 Å². The lowest BCUT2D eigenvalue weighted by Crippen LogP contribution is -2.36. The van der Waals surface area contributed by atoms with Crippen molar-refractivity contribution in [1.29, 1.82) is 0 Å². The van der Waals surface area contributed by atoms with Crippen LogP contribution in [-0.4, -0.2) is 49.7 Å². The minimum atomic E-state index is 0.478. The van der Waals surface area contributed by atoms with Crippen LogP contribution in [0.15, 0.2) is 0 Å². The molecule has 1 saturated heterocycles. The number of fused-ring (bicyclic) bond motifs is 1. The van der Waals surface area contributed by atoms with Crippen LogP contribution in [0.5, 0.6) is 0 Å². The zero-order chi connectivity index (χ0) is 14.8. The fourth-order valence-electron chi connectivity index (χ4n) is 3.62. The van der Waals surface area contributed by atoms with Crippen molar-refractivity contribution in [3.63, 3.8) is 0 Å². The third-order valence-electron chi connectivity index (χ3n) is 4.88. The van der Waals surface area contributed by atoms with Crippen molar-refractivity contribution in [1.82, 2.24) is 15.2 Å². The van der Waals surface area contributed by atoms with Gasteiger partial charge in [0.1, 0.15) is 0 Å². The van der Waals surface area contributed by atoms with E-state index in [0.717, 1.165) is 13.1 Å². The molecule has 21 heavy (non-hydrogen) atoms. The summed E-state index contributed by atoms with van der Waals surface area (Å²) in [7, 11) is 4.46. The van der Waals surface area contributed by atoms with E-state index < -0.39 is 0 Å². The number of rotatable bonds is 5. The molecule has 1 aromatic heterocycles. The van der Waals surface area contributed by atoms with Crippen LogP contribution in [-0.2, 0) is 6.42 Å². The number of thiazole rings is 1. The van der Waals surface area contributed by atoms with Crippen molar-refractivity contribution in [2.24, 2.45) is 0 Å². The molecule has 2 aliphatic rings. The number of aryl methyl sites for hydroxylation is 1. The van der Waals surface area contributed by atoms with Crippen LogP contribution in [0.1, 0.15) is 49.2 Å². The van der Waals surface area contributed by atoms with Crippen LogP contribution in [0.3, 0.4) is 0 Å². The SMILES string of the molecule is CCNC1CCCc2sc(N(C)CC3CCCN3C)nc21. The Labute approximate surface area is 132 Å². The van der Waals surface area contributed by atoms with Gasteiger partial charge in [-0.15, -0.1) is 11.3 Å². The average molecular weight is 308 g/mol. The maximum atomic E-state index is 4.98. The number of aromatic nitrogens is 1. The van der Waals surface area contributed by atoms with E-state index in [0.29, 0.717) is 12.1 Å². The third-order valence-corrected chi connectivity index (χ3v) is 6.12. The number of hydrogen-bond acceptors (Lipinski definition) is 5. The molecule has 118 valence electrons. The molecule has 3 rings (SSSR count). The van der Waals surface area contributed by atoms with Crippen molar-refractivity contribution in [3.8, 4) is 0 Å². The molecular weight excluding hydrogens is 280 g/mol. The second-order valence-corrected chi connectivity index (χ2v) is 7.53. The molecular formula is C16H28N4S. The molecule has 0 amide bonds. The van der Waals surface area contributed by atoms with Gasteiger partial charge >= 0.3 is 0 Å². The van der Waals surface area contributed by atoms with Crippen LogP contribution in [0.4, 0.5) is 5.13 Å². The van der Waals surface area contributed by atoms with E-state index in [1.807, 2.05) is 11.3 Å². The van der Waals surface area contributed by atoms with Gasteiger partial charge in [0.2, 0.25) is 0 Å². The van der Waals surface area contributed by atoms with Crippen molar-refractivity contribution < 1.29 is 0 Å². The monoisotopic (exact) mass is 308 g/mol. The maximum Gasteiger partial charge on any atom is 0.185 e. The van der Waals surface area contributed by atoms with Gasteiger partial charge in [0, 0.05) is 24.5 Å². The van der Waals surface area contributed by atoms with Gasteiger partial charge in [-0.2, -0.15) is 0 Å². The van der Waals surface area contributed by atoms with Crippen LogP contribution >= 0.6 is 11.3 Å². The zero-order valence-electron chi connectivity index (χ0n) is 13.6. The summed E-state index contributed by atoms with van der Waals surface area (Å²) in [5.41, 5.74) is 1.33. The zero-order valence-corrected chi connectivity index (χ0v) is 14.4. The van der Waals surface area contributed by atoms with Crippen LogP contribution in [0.25, 0.3) is 0 Å². The van der Waals surface area contributed by atoms with E-state index in [-0.39, 0.29) is 0 Å². The molecule has 1 aliphatic carbocycles. The Kier molecular flexibility index (Phi) is 4.82. The highest BCUT2D eigenvalue weighted by molar-refractivity contribution is 7.15. The minimum absolute atomic E-state index is 0.478. The molecule has 2 heterocycles. The molecule has 0 saturated carbocycles. The molecule has 1 fully saturated rings. The van der Waals surface area contributed by atoms with Crippen LogP contribution in [0.2, 0.25) is 0 Å². The second-order valence-electron chi connectivity index (χ2n) is 6.46. The van der Waals surface area contributed by atoms with E-state index in [2.05, 4.69) is 36.1 Å². The highest BCUT2D eigenvalue weighted by atomic mass is 32.1. The average Bonchev–Trinajstić information content (AvgIpc) is 3.07. The normalized spacial score (nSPS) is 26.0. The van der Waals surface area contributed by atoms with E-state index in [1.165, 1.54) is 54.4 Å². The number of anilines is 1. The lowest BCUT2D eigenvalue weighted by molar-refractivity contribution is 0.314. The third kappa shape index (κ3) is 3.25. The maximum absolute atomic E-state index is 4.98. The van der Waals surface area contributed by atoms with Gasteiger partial charge in [-0.1, -0.05) is 6.92 Å². The molecule has 1 N–H and O–H groups in total. The summed E-state index contributed by atoms with van der Waals surface area (Å²) in [4.78, 5) is 11.4. The van der Waals surface area contributed by atoms with Gasteiger partial charge in [-0.3, -0.25) is 0 Å². The van der Waals surface area contributed by atoms with Gasteiger partial charge in [0.25, 0.3) is 0 Å². The van der Waals surface area contributed by atoms with Crippen LogP contribution in [0, 0.1) is 0 Å². The number of nitrogens with zero attached hydrogens (tertiary/aromatic N) is 3. The Morgan fingerprint density at radius 2 is 2.24 bits per heavy atom. The minimum Gasteiger partial charge on any atom is -0.350 e. The fraction of sp³-hybridized carbons (Fsp3) is 0.812. The molecule has 5 heteroatoms. The Bertz CT molecular complexity index is 473. The first-order valence-electron chi connectivity index (χ1n) is 8.33. The Balaban J connectivity index is 1.71. The summed E-state index contributed by atoms with van der Waals surface area (Å²) in [5.74, 6) is 0. The van der Waals surface area contributed by atoms with Crippen molar-refractivity contribution in [2.75, 3.05) is 38.6 Å². The lowest BCUT2D eigenvalue weighted by Gasteiger charge is -2.25. The summed E-state index contributed by atoms with van der Waals surface area (Å²) >= 11 is 1.91. The van der Waals surface area contributed by atoms with Crippen LogP contribution < -0.4 is 10.2 Å². The quantitative estimate of drug-likeness (QED) is 0.906. The molecule has 0 radical (unpaired) electrons. The molecule has 1 aromatic rings. The molecule has 2 unspecified atom stereocenters. The Morgan fingerprint density at radius 3 is 2.95 bits per heavy atom. The summed E-state index contributed by atoms with van der Waals surface area (Å²) in [6.45, 7) is 5.56. The van der Waals surface area contributed by atoms with Gasteiger partial charge < -0.3 is 15.1 Å².